The van der Waals surface area contributed by atoms with Crippen LogP contribution in [0.1, 0.15) is 38.2 Å². The Labute approximate surface area is 171 Å². The van der Waals surface area contributed by atoms with Crippen LogP contribution in [-0.2, 0) is 11.2 Å². The molecule has 2 rings (SSSR count). The molecule has 0 atom stereocenters. The van der Waals surface area contributed by atoms with E-state index in [0.29, 0.717) is 19.6 Å². The van der Waals surface area contributed by atoms with Crippen LogP contribution in [0.5, 0.6) is 0 Å². The van der Waals surface area contributed by atoms with Crippen molar-refractivity contribution in [3.63, 3.8) is 0 Å². The Morgan fingerprint density at radius 2 is 1.97 bits per heavy atom. The van der Waals surface area contributed by atoms with E-state index < -0.39 is 0 Å². The molecule has 9 nitrogen and oxygen atoms in total. The van der Waals surface area contributed by atoms with Gasteiger partial charge in [0.05, 0.1) is 12.0 Å². The first kappa shape index (κ1) is 22.4. The molecule has 1 fully saturated rings. The van der Waals surface area contributed by atoms with E-state index >= 15 is 0 Å². The lowest BCUT2D eigenvalue weighted by atomic mass is 10.1. The van der Waals surface area contributed by atoms with E-state index in [4.69, 9.17) is 4.74 Å². The minimum atomic E-state index is -0.382. The van der Waals surface area contributed by atoms with Crippen molar-refractivity contribution in [2.24, 2.45) is 4.99 Å². The average Bonchev–Trinajstić information content (AvgIpc) is 2.74. The molecule has 29 heavy (non-hydrogen) atoms. The van der Waals surface area contributed by atoms with Gasteiger partial charge in [-0.15, -0.1) is 0 Å². The molecule has 1 aliphatic heterocycles. The molecule has 160 valence electrons. The van der Waals surface area contributed by atoms with E-state index in [0.717, 1.165) is 50.2 Å². The number of carbonyl (C=O) groups is 1. The van der Waals surface area contributed by atoms with Gasteiger partial charge in [0.1, 0.15) is 0 Å². The first-order valence-electron chi connectivity index (χ1n) is 10.1. The number of nitrogens with zero attached hydrogens (tertiary/aromatic N) is 3. The molecule has 0 aromatic heterocycles. The molecule has 0 spiro atoms. The molecule has 1 aromatic carbocycles. The monoisotopic (exact) mass is 405 g/mol. The minimum absolute atomic E-state index is 0.122. The molecule has 0 radical (unpaired) electrons. The summed E-state index contributed by atoms with van der Waals surface area (Å²) in [5.41, 5.74) is 1.22. The van der Waals surface area contributed by atoms with Gasteiger partial charge in [-0.05, 0) is 44.6 Å². The topological polar surface area (TPSA) is 109 Å². The van der Waals surface area contributed by atoms with E-state index in [-0.39, 0.29) is 22.7 Å². The SMILES string of the molecule is CCNC(=NCCCCc1ccc([N+](=O)[O-])cc1)NC1CCN(C(=O)OC)CC1. The van der Waals surface area contributed by atoms with Gasteiger partial charge in [0.15, 0.2) is 5.96 Å². The highest BCUT2D eigenvalue weighted by Gasteiger charge is 2.23. The summed E-state index contributed by atoms with van der Waals surface area (Å²) >= 11 is 0. The Balaban J connectivity index is 1.72. The fourth-order valence-corrected chi connectivity index (χ4v) is 3.26. The van der Waals surface area contributed by atoms with Crippen molar-refractivity contribution in [1.29, 1.82) is 0 Å². The van der Waals surface area contributed by atoms with E-state index in [1.54, 1.807) is 17.0 Å². The maximum Gasteiger partial charge on any atom is 0.409 e. The first-order valence-corrected chi connectivity index (χ1v) is 10.1. The zero-order chi connectivity index (χ0) is 21.1. The Morgan fingerprint density at radius 3 is 2.55 bits per heavy atom. The van der Waals surface area contributed by atoms with Crippen LogP contribution < -0.4 is 10.6 Å². The van der Waals surface area contributed by atoms with Gasteiger partial charge >= 0.3 is 6.09 Å². The second-order valence-corrected chi connectivity index (χ2v) is 7.02. The molecular weight excluding hydrogens is 374 g/mol. The quantitative estimate of drug-likeness (QED) is 0.226. The third kappa shape index (κ3) is 7.59. The van der Waals surface area contributed by atoms with Crippen LogP contribution >= 0.6 is 0 Å². The summed E-state index contributed by atoms with van der Waals surface area (Å²) in [6.45, 7) is 4.89. The third-order valence-corrected chi connectivity index (χ3v) is 4.90. The largest absolute Gasteiger partial charge is 0.453 e. The highest BCUT2D eigenvalue weighted by atomic mass is 16.6. The second-order valence-electron chi connectivity index (χ2n) is 7.02. The molecule has 9 heteroatoms. The first-order chi connectivity index (χ1) is 14.0. The summed E-state index contributed by atoms with van der Waals surface area (Å²) in [5, 5.41) is 17.4. The van der Waals surface area contributed by atoms with E-state index in [1.165, 1.54) is 7.11 Å². The predicted octanol–water partition coefficient (Wildman–Crippen LogP) is 2.70. The van der Waals surface area contributed by atoms with Gasteiger partial charge in [-0.3, -0.25) is 15.1 Å². The molecule has 2 N–H and O–H groups in total. The van der Waals surface area contributed by atoms with Gasteiger partial charge in [-0.1, -0.05) is 12.1 Å². The predicted molar refractivity (Wildman–Crippen MR) is 112 cm³/mol. The molecule has 1 aromatic rings. The molecule has 0 bridgehead atoms. The molecule has 1 amide bonds. The number of ether oxygens (including phenoxy) is 1. The van der Waals surface area contributed by atoms with E-state index in [1.807, 2.05) is 19.1 Å². The van der Waals surface area contributed by atoms with Gasteiger partial charge in [0, 0.05) is 44.4 Å². The third-order valence-electron chi connectivity index (χ3n) is 4.90. The van der Waals surface area contributed by atoms with Crippen LogP contribution in [0, 0.1) is 10.1 Å². The smallest absolute Gasteiger partial charge is 0.409 e. The van der Waals surface area contributed by atoms with Crippen LogP contribution in [0.2, 0.25) is 0 Å². The number of non-ortho nitro benzene ring substituents is 1. The number of hydrogen-bond donors (Lipinski definition) is 2. The number of aryl methyl sites for hydroxylation is 1. The zero-order valence-corrected chi connectivity index (χ0v) is 17.2. The molecule has 0 aliphatic carbocycles. The number of nitro benzene ring substituents is 1. The number of methoxy groups -OCH3 is 1. The Hall–Kier alpha value is -2.84. The van der Waals surface area contributed by atoms with E-state index in [9.17, 15) is 14.9 Å². The summed E-state index contributed by atoms with van der Waals surface area (Å²) in [7, 11) is 1.41. The van der Waals surface area contributed by atoms with Crippen LogP contribution in [0.15, 0.2) is 29.3 Å². The van der Waals surface area contributed by atoms with Crippen molar-refractivity contribution in [3.8, 4) is 0 Å². The van der Waals surface area contributed by atoms with Crippen molar-refractivity contribution in [3.05, 3.63) is 39.9 Å². The lowest BCUT2D eigenvalue weighted by Gasteiger charge is -2.32. The lowest BCUT2D eigenvalue weighted by Crippen LogP contribution is -2.49. The number of hydrogen-bond acceptors (Lipinski definition) is 5. The standard InChI is InChI=1S/C20H31N5O4/c1-3-21-19(23-17-11-14-24(15-12-17)20(26)29-2)22-13-5-4-6-16-7-9-18(10-8-16)25(27)28/h7-10,17H,3-6,11-15H2,1-2H3,(H2,21,22,23). The summed E-state index contributed by atoms with van der Waals surface area (Å²) in [6, 6.07) is 7.01. The van der Waals surface area contributed by atoms with Crippen molar-refractivity contribution in [2.75, 3.05) is 33.3 Å². The number of aliphatic imine (C=N–C) groups is 1. The van der Waals surface area contributed by atoms with Gasteiger partial charge in [-0.2, -0.15) is 0 Å². The molecule has 1 saturated heterocycles. The maximum absolute atomic E-state index is 11.6. The summed E-state index contributed by atoms with van der Waals surface area (Å²) in [6.07, 6.45) is 4.24. The number of unbranched alkanes of at least 4 members (excludes halogenated alkanes) is 1. The normalized spacial score (nSPS) is 15.1. The number of piperidine rings is 1. The average molecular weight is 405 g/mol. The van der Waals surface area contributed by atoms with Gasteiger partial charge < -0.3 is 20.3 Å². The second kappa shape index (κ2) is 11.9. The maximum atomic E-state index is 11.6. The highest BCUT2D eigenvalue weighted by molar-refractivity contribution is 5.80. The number of rotatable bonds is 8. The van der Waals surface area contributed by atoms with Crippen molar-refractivity contribution < 1.29 is 14.5 Å². The summed E-state index contributed by atoms with van der Waals surface area (Å²) < 4.78 is 4.77. The summed E-state index contributed by atoms with van der Waals surface area (Å²) in [4.78, 5) is 28.2. The number of amides is 1. The molecule has 0 unspecified atom stereocenters. The molecule has 1 heterocycles. The molecular formula is C20H31N5O4. The van der Waals surface area contributed by atoms with E-state index in [2.05, 4.69) is 15.6 Å². The lowest BCUT2D eigenvalue weighted by molar-refractivity contribution is -0.384. The number of benzene rings is 1. The number of nitro groups is 1. The van der Waals surface area contributed by atoms with Crippen LogP contribution in [0.3, 0.4) is 0 Å². The van der Waals surface area contributed by atoms with Gasteiger partial charge in [0.2, 0.25) is 0 Å². The zero-order valence-electron chi connectivity index (χ0n) is 17.2. The minimum Gasteiger partial charge on any atom is -0.453 e. The van der Waals surface area contributed by atoms with Crippen LogP contribution in [0.25, 0.3) is 0 Å². The fourth-order valence-electron chi connectivity index (χ4n) is 3.26. The number of carbonyl (C=O) groups excluding carboxylic acids is 1. The molecule has 1 aliphatic rings. The molecule has 0 saturated carbocycles. The van der Waals surface area contributed by atoms with Crippen molar-refractivity contribution in [1.82, 2.24) is 15.5 Å². The van der Waals surface area contributed by atoms with Gasteiger partial charge in [0.25, 0.3) is 5.69 Å². The Morgan fingerprint density at radius 1 is 1.28 bits per heavy atom. The number of guanidine groups is 1. The van der Waals surface area contributed by atoms with Crippen molar-refractivity contribution >= 4 is 17.7 Å². The van der Waals surface area contributed by atoms with Crippen molar-refractivity contribution in [2.45, 2.75) is 45.1 Å². The Bertz CT molecular complexity index is 685. The van der Waals surface area contributed by atoms with Crippen LogP contribution in [-0.4, -0.2) is 61.2 Å². The highest BCUT2D eigenvalue weighted by Crippen LogP contribution is 2.14. The summed E-state index contributed by atoms with van der Waals surface area (Å²) in [5.74, 6) is 0.805. The van der Waals surface area contributed by atoms with Crippen LogP contribution in [0.4, 0.5) is 10.5 Å². The Kier molecular flexibility index (Phi) is 9.20. The number of likely N-dealkylation sites (tertiary alicyclic amines) is 1. The fraction of sp³-hybridized carbons (Fsp3) is 0.600. The number of nitrogens with one attached hydrogen (secondary N) is 2. The van der Waals surface area contributed by atoms with Gasteiger partial charge in [-0.25, -0.2) is 4.79 Å².